The summed E-state index contributed by atoms with van der Waals surface area (Å²) in [6.45, 7) is 10.8. The highest BCUT2D eigenvalue weighted by atomic mass is 127. The van der Waals surface area contributed by atoms with Crippen LogP contribution in [0.4, 0.5) is 23.3 Å². The van der Waals surface area contributed by atoms with E-state index in [1.54, 1.807) is 6.26 Å². The lowest BCUT2D eigenvalue weighted by molar-refractivity contribution is -0.140. The van der Waals surface area contributed by atoms with Crippen molar-refractivity contribution in [3.8, 4) is 0 Å². The minimum Gasteiger partial charge on any atom is -0.469 e. The maximum atomic E-state index is 12.2. The fourth-order valence-electron chi connectivity index (χ4n) is 11.4. The van der Waals surface area contributed by atoms with Crippen LogP contribution in [0.1, 0.15) is 149 Å². The van der Waals surface area contributed by atoms with Gasteiger partial charge in [-0.2, -0.15) is 0 Å². The van der Waals surface area contributed by atoms with Crippen LogP contribution in [0.25, 0.3) is 0 Å². The Labute approximate surface area is 620 Å². The number of β-amino-alcohol motifs (C(OH)–C–C–N with tert-alkyl or cyclic N) is 4. The van der Waals surface area contributed by atoms with Gasteiger partial charge in [0.2, 0.25) is 5.91 Å². The number of piperidine rings is 4. The molecule has 4 aliphatic rings. The normalized spacial score (nSPS) is 17.2. The van der Waals surface area contributed by atoms with Gasteiger partial charge in [0.1, 0.15) is 0 Å². The first-order chi connectivity index (χ1) is 47.3. The van der Waals surface area contributed by atoms with Gasteiger partial charge in [0, 0.05) is 52.7 Å². The molecule has 6 heterocycles. The van der Waals surface area contributed by atoms with E-state index in [0.717, 1.165) is 174 Å². The van der Waals surface area contributed by atoms with Crippen molar-refractivity contribution in [3.63, 3.8) is 0 Å². The number of nitrogens with zero attached hydrogens (tertiary/aromatic N) is 9. The van der Waals surface area contributed by atoms with Crippen LogP contribution in [0.15, 0.2) is 4.99 Å². The Kier molecular flexibility index (Phi) is 54.3. The Balaban J connectivity index is 0.00000125. The van der Waals surface area contributed by atoms with Gasteiger partial charge in [0.15, 0.2) is 56.1 Å². The number of nitrogen functional groups attached to an aromatic ring is 4. The Morgan fingerprint density at radius 3 is 1.18 bits per heavy atom. The van der Waals surface area contributed by atoms with Gasteiger partial charge < -0.3 is 116 Å². The minimum atomic E-state index is -0.661. The van der Waals surface area contributed by atoms with Crippen LogP contribution in [0.3, 0.4) is 0 Å². The molecule has 26 N–H and O–H groups in total. The van der Waals surface area contributed by atoms with Crippen molar-refractivity contribution in [1.82, 2.24) is 50.2 Å². The van der Waals surface area contributed by atoms with Crippen molar-refractivity contribution in [2.45, 2.75) is 153 Å². The largest absolute Gasteiger partial charge is 0.469 e. The highest BCUT2D eigenvalue weighted by molar-refractivity contribution is 14.0. The summed E-state index contributed by atoms with van der Waals surface area (Å²) in [5, 5.41) is 91.5. The second-order valence-electron chi connectivity index (χ2n) is 24.9. The van der Waals surface area contributed by atoms with Gasteiger partial charge in [-0.1, -0.05) is 60.6 Å². The number of likely N-dealkylation sites (tertiary alicyclic amines) is 4. The number of rotatable bonds is 31. The lowest BCUT2D eigenvalue weighted by Gasteiger charge is -2.32. The molecule has 6 rings (SSSR count). The van der Waals surface area contributed by atoms with Crippen LogP contribution in [-0.2, 0) is 14.3 Å². The number of esters is 1. The molecular weight excluding hydrogens is 1480 g/mol. The highest BCUT2D eigenvalue weighted by Gasteiger charge is 2.25. The maximum absolute atomic E-state index is 12.2. The second kappa shape index (κ2) is 56.9. The monoisotopic (exact) mass is 1600 g/mol. The standard InChI is InChI=1S/C18H31ClN8O3.C13H25NO4.C12H24N2O3.C12H26N2O2.C7H9ClN6OS.CH4O.HI/c19-14-16(21)25-15(20)13(24-14)17(30)26-18(22)23-6-2-1-3-11-4-7-27(8-5-11)9-12(29)10-28;1-18-13(17)4-2-3-11-5-7-14(8-6-11)9-12(16)10-15;13-12(17)3-1-2-10-4-6-14(7-5-10)8-11(16)9-15;13-6-2-1-3-11-4-7-14(8-5-11)9-12(16)10-15;1-16-7(11)14-6(15)2-4(9)13-5(10)3(8)12-2;1-2;/h11-12,28-29H,1-10H2,(H4,20,21,25)(H3,22,23,26,30);11-12,15-16H,2-10H2,1H3;10-11,15-16H,1-9H2,(H2,13,17);11-12,15-16H,1-10,13H2;1H3,(H4,9,10,13)(H2,11,14,15);2H,1H3;1H. The van der Waals surface area contributed by atoms with Crippen LogP contribution >= 0.6 is 58.9 Å². The molecular formula is C63H120Cl2IN19O14S. The topological polar surface area (TPSA) is 567 Å². The smallest absolute Gasteiger partial charge is 0.305 e. The Hall–Kier alpha value is -4.52. The third-order valence-corrected chi connectivity index (χ3v) is 18.2. The van der Waals surface area contributed by atoms with Gasteiger partial charge in [-0.15, -0.1) is 24.0 Å². The van der Waals surface area contributed by atoms with Crippen molar-refractivity contribution in [2.75, 3.05) is 161 Å². The number of guanidine groups is 1. The first-order valence-corrected chi connectivity index (χ1v) is 36.0. The lowest BCUT2D eigenvalue weighted by Crippen LogP contribution is -2.39. The van der Waals surface area contributed by atoms with Crippen LogP contribution in [0, 0.1) is 29.1 Å². The molecule has 37 heteroatoms. The van der Waals surface area contributed by atoms with Crippen LogP contribution in [0.2, 0.25) is 10.3 Å². The fraction of sp³-hybridized carbons (Fsp3) is 0.778. The summed E-state index contributed by atoms with van der Waals surface area (Å²) >= 11 is 12.4. The van der Waals surface area contributed by atoms with E-state index in [4.69, 9.17) is 94.3 Å². The first-order valence-electron chi connectivity index (χ1n) is 34.0. The molecule has 0 saturated carbocycles. The molecule has 4 fully saturated rings. The number of hydrogen-bond donors (Lipinski definition) is 19. The van der Waals surface area contributed by atoms with Gasteiger partial charge >= 0.3 is 5.97 Å². The van der Waals surface area contributed by atoms with E-state index in [2.05, 4.69) is 59.9 Å². The zero-order valence-corrected chi connectivity index (χ0v) is 63.4. The average Bonchev–Trinajstić information content (AvgIpc) is 0.843. The van der Waals surface area contributed by atoms with E-state index in [1.165, 1.54) is 32.8 Å². The van der Waals surface area contributed by atoms with E-state index in [-0.39, 0.29) is 118 Å². The summed E-state index contributed by atoms with van der Waals surface area (Å²) < 4.78 is 4.61. The predicted molar refractivity (Wildman–Crippen MR) is 403 cm³/mol. The number of anilines is 4. The second-order valence-corrected chi connectivity index (χ2v) is 26.4. The number of aliphatic hydroxyl groups is 9. The van der Waals surface area contributed by atoms with E-state index in [0.29, 0.717) is 63.3 Å². The molecule has 2 aromatic rings. The third kappa shape index (κ3) is 42.9. The summed E-state index contributed by atoms with van der Waals surface area (Å²) in [5.74, 6) is 0.821. The molecule has 0 radical (unpaired) electrons. The maximum Gasteiger partial charge on any atom is 0.305 e. The predicted octanol–water partition coefficient (Wildman–Crippen LogP) is 0.406. The van der Waals surface area contributed by atoms with E-state index < -0.39 is 36.2 Å². The van der Waals surface area contributed by atoms with E-state index in [1.807, 2.05) is 0 Å². The van der Waals surface area contributed by atoms with Crippen molar-refractivity contribution in [1.29, 1.82) is 5.41 Å². The molecule has 4 unspecified atom stereocenters. The highest BCUT2D eigenvalue weighted by Crippen LogP contribution is 2.27. The summed E-state index contributed by atoms with van der Waals surface area (Å²) in [7, 11) is 2.42. The molecule has 0 aliphatic carbocycles. The van der Waals surface area contributed by atoms with Crippen molar-refractivity contribution < 1.29 is 69.9 Å². The van der Waals surface area contributed by atoms with Gasteiger partial charge in [0.05, 0.1) is 58.0 Å². The SMILES string of the molecule is CO.COC(=O)CCCC1CCN(CC(O)CO)CC1.CSC(=N)NC(=O)c1nc(Cl)c(N)nc1N.I.NC(=NCCCCC1CCN(CC(O)CO)CC1)NC(=O)c1nc(Cl)c(N)nc1N.NC(=O)CCCC1CCN(CC(O)CO)CC1.NCCCCC1CCN(CC(O)CO)CC1. The molecule has 0 bridgehead atoms. The molecule has 4 atom stereocenters. The number of nitrogens with one attached hydrogen (secondary N) is 3. The number of amidine groups is 1. The number of unbranched alkanes of at least 4 members (excludes halogenated alkanes) is 2. The number of aromatic nitrogens is 4. The molecule has 0 spiro atoms. The van der Waals surface area contributed by atoms with Crippen molar-refractivity contribution in [2.24, 2.45) is 45.9 Å². The number of carbonyl (C=O) groups is 4. The molecule has 100 heavy (non-hydrogen) atoms. The number of halogens is 3. The third-order valence-electron chi connectivity index (χ3n) is 17.1. The quantitative estimate of drug-likeness (QED) is 0.0160. The van der Waals surface area contributed by atoms with Crippen LogP contribution in [-0.4, -0.2) is 283 Å². The Morgan fingerprint density at radius 2 is 0.870 bits per heavy atom. The van der Waals surface area contributed by atoms with Crippen LogP contribution in [0.5, 0.6) is 0 Å². The zero-order chi connectivity index (χ0) is 74.2. The summed E-state index contributed by atoms with van der Waals surface area (Å²) in [5.41, 5.74) is 37.9. The van der Waals surface area contributed by atoms with Gasteiger partial charge in [-0.05, 0) is 179 Å². The Bertz CT molecular complexity index is 2600. The number of primary amides is 1. The average molecular weight is 1600 g/mol. The fourth-order valence-corrected chi connectivity index (χ4v) is 11.9. The number of amides is 3. The number of nitrogens with two attached hydrogens (primary N) is 7. The van der Waals surface area contributed by atoms with E-state index in [9.17, 15) is 39.6 Å². The molecule has 4 saturated heterocycles. The van der Waals surface area contributed by atoms with Crippen molar-refractivity contribution in [3.05, 3.63) is 21.7 Å². The number of methoxy groups -OCH3 is 1. The lowest BCUT2D eigenvalue weighted by atomic mass is 9.91. The first kappa shape index (κ1) is 95.5. The van der Waals surface area contributed by atoms with Crippen molar-refractivity contribution >= 4 is 117 Å². The summed E-state index contributed by atoms with van der Waals surface area (Å²) in [6, 6.07) is 0. The number of thioether (sulfide) groups is 1. The molecule has 4 aliphatic heterocycles. The molecule has 2 aromatic heterocycles. The minimum absolute atomic E-state index is 0. The number of carbonyl (C=O) groups excluding carboxylic acids is 4. The number of aliphatic imine (C=N–C) groups is 1. The van der Waals surface area contributed by atoms with Gasteiger partial charge in [-0.3, -0.25) is 34.9 Å². The number of aliphatic hydroxyl groups excluding tert-OH is 9. The molecule has 0 aromatic carbocycles. The summed E-state index contributed by atoms with van der Waals surface area (Å²) in [6.07, 6.45) is 19.8. The number of ether oxygens (including phenoxy) is 1. The van der Waals surface area contributed by atoms with Crippen LogP contribution < -0.4 is 50.8 Å². The Morgan fingerprint density at radius 1 is 0.550 bits per heavy atom. The molecule has 3 amide bonds. The van der Waals surface area contributed by atoms with Gasteiger partial charge in [0.25, 0.3) is 11.8 Å². The number of hydrogen-bond acceptors (Lipinski definition) is 30. The molecule has 33 nitrogen and oxygen atoms in total. The zero-order valence-electron chi connectivity index (χ0n) is 58.7. The van der Waals surface area contributed by atoms with E-state index >= 15 is 0 Å². The summed E-state index contributed by atoms with van der Waals surface area (Å²) in [4.78, 5) is 73.2. The van der Waals surface area contributed by atoms with Gasteiger partial charge in [-0.25, -0.2) is 19.9 Å². The molecule has 578 valence electrons.